The second kappa shape index (κ2) is 6.16. The molecule has 3 rings (SSSR count). The van der Waals surface area contributed by atoms with Gasteiger partial charge in [-0.1, -0.05) is 41.4 Å². The molecule has 3 nitrogen and oxygen atoms in total. The first-order valence-corrected chi connectivity index (χ1v) is 7.99. The van der Waals surface area contributed by atoms with Crippen LogP contribution in [0, 0.1) is 0 Å². The molecule has 0 unspecified atom stereocenters. The van der Waals surface area contributed by atoms with Gasteiger partial charge in [0.2, 0.25) is 0 Å². The molecule has 0 fully saturated rings. The minimum Gasteiger partial charge on any atom is -0.495 e. The average molecular weight is 352 g/mol. The maximum Gasteiger partial charge on any atom is 0.267 e. The molecule has 3 aromatic rings. The van der Waals surface area contributed by atoms with Crippen LogP contribution in [-0.4, -0.2) is 13.0 Å². The van der Waals surface area contributed by atoms with Crippen molar-refractivity contribution in [3.05, 3.63) is 57.4 Å². The van der Waals surface area contributed by atoms with E-state index < -0.39 is 0 Å². The Bertz CT molecular complexity index is 860. The van der Waals surface area contributed by atoms with Gasteiger partial charge in [-0.3, -0.25) is 4.79 Å². The highest BCUT2D eigenvalue weighted by atomic mass is 35.5. The number of benzene rings is 2. The van der Waals surface area contributed by atoms with Crippen LogP contribution in [0.15, 0.2) is 42.5 Å². The topological polar surface area (TPSA) is 38.3 Å². The summed E-state index contributed by atoms with van der Waals surface area (Å²) in [7, 11) is 1.55. The summed E-state index contributed by atoms with van der Waals surface area (Å²) in [6.45, 7) is 0. The lowest BCUT2D eigenvalue weighted by Gasteiger charge is -2.08. The van der Waals surface area contributed by atoms with E-state index >= 15 is 0 Å². The lowest BCUT2D eigenvalue weighted by atomic mass is 10.2. The van der Waals surface area contributed by atoms with Crippen molar-refractivity contribution in [3.8, 4) is 5.75 Å². The van der Waals surface area contributed by atoms with Crippen LogP contribution in [0.4, 0.5) is 5.69 Å². The van der Waals surface area contributed by atoms with Crippen molar-refractivity contribution < 1.29 is 9.53 Å². The van der Waals surface area contributed by atoms with E-state index in [0.29, 0.717) is 26.4 Å². The molecule has 1 heterocycles. The molecule has 2 aromatic carbocycles. The zero-order chi connectivity index (χ0) is 15.7. The van der Waals surface area contributed by atoms with Gasteiger partial charge in [-0.15, -0.1) is 11.3 Å². The number of anilines is 1. The maximum atomic E-state index is 12.5. The molecule has 0 saturated carbocycles. The van der Waals surface area contributed by atoms with Gasteiger partial charge in [0.15, 0.2) is 0 Å². The van der Waals surface area contributed by atoms with E-state index in [1.807, 2.05) is 18.2 Å². The monoisotopic (exact) mass is 351 g/mol. The van der Waals surface area contributed by atoms with Crippen LogP contribution < -0.4 is 10.1 Å². The van der Waals surface area contributed by atoms with Crippen LogP contribution in [-0.2, 0) is 0 Å². The van der Waals surface area contributed by atoms with E-state index in [4.69, 9.17) is 27.9 Å². The number of thiophene rings is 1. The summed E-state index contributed by atoms with van der Waals surface area (Å²) in [5.74, 6) is 0.322. The zero-order valence-electron chi connectivity index (χ0n) is 11.5. The molecule has 0 atom stereocenters. The number of halogens is 2. The fraction of sp³-hybridized carbons (Fsp3) is 0.0625. The molecule has 0 bridgehead atoms. The third-order valence-corrected chi connectivity index (χ3v) is 5.04. The largest absolute Gasteiger partial charge is 0.495 e. The number of carbonyl (C=O) groups is 1. The van der Waals surface area contributed by atoms with Gasteiger partial charge in [-0.05, 0) is 24.3 Å². The molecule has 0 radical (unpaired) electrons. The Kier molecular flexibility index (Phi) is 4.25. The average Bonchev–Trinajstić information content (AvgIpc) is 2.84. The number of hydrogen-bond donors (Lipinski definition) is 1. The highest BCUT2D eigenvalue weighted by Gasteiger charge is 2.18. The second-order valence-corrected chi connectivity index (χ2v) is 6.41. The number of para-hydroxylation sites is 2. The van der Waals surface area contributed by atoms with Gasteiger partial charge < -0.3 is 10.1 Å². The summed E-state index contributed by atoms with van der Waals surface area (Å²) in [5.41, 5.74) is 0.599. The smallest absolute Gasteiger partial charge is 0.267 e. The van der Waals surface area contributed by atoms with Crippen molar-refractivity contribution in [3.63, 3.8) is 0 Å². The Morgan fingerprint density at radius 3 is 2.73 bits per heavy atom. The Labute approximate surface area is 141 Å². The number of carbonyl (C=O) groups excluding carboxylic acids is 1. The van der Waals surface area contributed by atoms with Crippen molar-refractivity contribution in [2.75, 3.05) is 12.4 Å². The summed E-state index contributed by atoms with van der Waals surface area (Å²) in [4.78, 5) is 12.9. The summed E-state index contributed by atoms with van der Waals surface area (Å²) < 4.78 is 6.10. The first kappa shape index (κ1) is 15.2. The minimum atomic E-state index is -0.271. The lowest BCUT2D eigenvalue weighted by Crippen LogP contribution is -2.11. The third-order valence-electron chi connectivity index (χ3n) is 3.15. The molecule has 0 aliphatic carbocycles. The van der Waals surface area contributed by atoms with Crippen LogP contribution in [0.5, 0.6) is 5.75 Å². The van der Waals surface area contributed by atoms with Gasteiger partial charge in [-0.25, -0.2) is 0 Å². The number of rotatable bonds is 3. The van der Waals surface area contributed by atoms with Gasteiger partial charge in [0.1, 0.15) is 10.6 Å². The molecule has 22 heavy (non-hydrogen) atoms. The van der Waals surface area contributed by atoms with E-state index in [1.165, 1.54) is 11.3 Å². The quantitative estimate of drug-likeness (QED) is 0.679. The molecular weight excluding hydrogens is 341 g/mol. The van der Waals surface area contributed by atoms with Crippen molar-refractivity contribution in [2.24, 2.45) is 0 Å². The van der Waals surface area contributed by atoms with E-state index in [9.17, 15) is 4.79 Å². The number of hydrogen-bond acceptors (Lipinski definition) is 3. The number of nitrogens with one attached hydrogen (secondary N) is 1. The molecule has 0 saturated heterocycles. The fourth-order valence-electron chi connectivity index (χ4n) is 2.11. The first-order chi connectivity index (χ1) is 10.6. The number of amides is 1. The molecule has 112 valence electrons. The van der Waals surface area contributed by atoms with E-state index in [2.05, 4.69) is 5.32 Å². The van der Waals surface area contributed by atoms with Gasteiger partial charge in [0, 0.05) is 15.1 Å². The van der Waals surface area contributed by atoms with E-state index in [-0.39, 0.29) is 5.91 Å². The summed E-state index contributed by atoms with van der Waals surface area (Å²) >= 11 is 13.6. The summed E-state index contributed by atoms with van der Waals surface area (Å²) in [5, 5.41) is 4.69. The Balaban J connectivity index is 1.97. The van der Waals surface area contributed by atoms with Crippen molar-refractivity contribution in [1.82, 2.24) is 0 Å². The predicted molar refractivity (Wildman–Crippen MR) is 92.8 cm³/mol. The van der Waals surface area contributed by atoms with Crippen LogP contribution in [0.25, 0.3) is 10.1 Å². The van der Waals surface area contributed by atoms with Gasteiger partial charge >= 0.3 is 0 Å². The van der Waals surface area contributed by atoms with Crippen LogP contribution >= 0.6 is 34.5 Å². The Hall–Kier alpha value is -1.75. The SMILES string of the molecule is COc1ccccc1NC(=O)c1sc2cc(Cl)ccc2c1Cl. The maximum absolute atomic E-state index is 12.5. The van der Waals surface area contributed by atoms with Gasteiger partial charge in [0.25, 0.3) is 5.91 Å². The Morgan fingerprint density at radius 1 is 1.18 bits per heavy atom. The molecule has 0 aliphatic heterocycles. The second-order valence-electron chi connectivity index (χ2n) is 4.54. The third kappa shape index (κ3) is 2.77. The molecule has 1 amide bonds. The number of ether oxygens (including phenoxy) is 1. The molecule has 0 aliphatic rings. The lowest BCUT2D eigenvalue weighted by molar-refractivity contribution is 0.103. The molecular formula is C16H11Cl2NO2S. The number of fused-ring (bicyclic) bond motifs is 1. The van der Waals surface area contributed by atoms with Crippen LogP contribution in [0.1, 0.15) is 9.67 Å². The zero-order valence-corrected chi connectivity index (χ0v) is 13.9. The fourth-order valence-corrected chi connectivity index (χ4v) is 3.80. The molecule has 1 N–H and O–H groups in total. The molecule has 1 aromatic heterocycles. The predicted octanol–water partition coefficient (Wildman–Crippen LogP) is 5.47. The molecule has 0 spiro atoms. The summed E-state index contributed by atoms with van der Waals surface area (Å²) in [6.07, 6.45) is 0. The Morgan fingerprint density at radius 2 is 1.95 bits per heavy atom. The van der Waals surface area contributed by atoms with Gasteiger partial charge in [0.05, 0.1) is 17.8 Å². The van der Waals surface area contributed by atoms with Crippen molar-refractivity contribution >= 4 is 56.2 Å². The summed E-state index contributed by atoms with van der Waals surface area (Å²) in [6, 6.07) is 12.6. The van der Waals surface area contributed by atoms with Crippen molar-refractivity contribution in [1.29, 1.82) is 0 Å². The van der Waals surface area contributed by atoms with E-state index in [0.717, 1.165) is 10.1 Å². The first-order valence-electron chi connectivity index (χ1n) is 6.42. The minimum absolute atomic E-state index is 0.271. The highest BCUT2D eigenvalue weighted by Crippen LogP contribution is 2.37. The van der Waals surface area contributed by atoms with Crippen LogP contribution in [0.3, 0.4) is 0 Å². The van der Waals surface area contributed by atoms with Crippen molar-refractivity contribution in [2.45, 2.75) is 0 Å². The number of methoxy groups -OCH3 is 1. The highest BCUT2D eigenvalue weighted by molar-refractivity contribution is 7.21. The van der Waals surface area contributed by atoms with Crippen LogP contribution in [0.2, 0.25) is 10.0 Å². The normalized spacial score (nSPS) is 10.7. The van der Waals surface area contributed by atoms with E-state index in [1.54, 1.807) is 31.4 Å². The standard InChI is InChI=1S/C16H11Cl2NO2S/c1-21-12-5-3-2-4-11(12)19-16(20)15-14(18)10-7-6-9(17)8-13(10)22-15/h2-8H,1H3,(H,19,20). The molecule has 6 heteroatoms. The van der Waals surface area contributed by atoms with Gasteiger partial charge in [-0.2, -0.15) is 0 Å².